The van der Waals surface area contributed by atoms with Gasteiger partial charge in [-0.1, -0.05) is 13.8 Å². The molecule has 0 unspecified atom stereocenters. The Balaban J connectivity index is 0.000000810. The number of hydrogen-bond donors (Lipinski definition) is 0. The molecule has 1 aromatic heterocycles. The molecule has 0 aliphatic heterocycles. The Hall–Kier alpha value is 0.807. The van der Waals surface area contributed by atoms with Crippen LogP contribution in [0.25, 0.3) is 0 Å². The summed E-state index contributed by atoms with van der Waals surface area (Å²) in [6.45, 7) is 4.49. The molecule has 10 heavy (non-hydrogen) atoms. The van der Waals surface area contributed by atoms with Crippen LogP contribution < -0.4 is 18.9 Å². The maximum atomic E-state index is 2.33. The van der Waals surface area contributed by atoms with Crippen molar-refractivity contribution in [3.05, 3.63) is 16.1 Å². The summed E-state index contributed by atoms with van der Waals surface area (Å²) in [5.41, 5.74) is 2.33. The van der Waals surface area contributed by atoms with Gasteiger partial charge in [-0.05, 0) is 12.8 Å². The summed E-state index contributed by atoms with van der Waals surface area (Å²) in [6, 6.07) is 0. The van der Waals surface area contributed by atoms with Gasteiger partial charge in [-0.3, -0.25) is 0 Å². The third-order valence-electron chi connectivity index (χ3n) is 1.43. The third-order valence-corrected chi connectivity index (χ3v) is 4.33. The topological polar surface area (TPSA) is 0 Å². The molecule has 0 fully saturated rings. The minimum Gasteiger partial charge on any atom is -0.311 e. The maximum absolute atomic E-state index is 2.33. The van der Waals surface area contributed by atoms with Crippen LogP contribution in [0.4, 0.5) is 0 Å². The van der Waals surface area contributed by atoms with Crippen LogP contribution in [-0.2, 0) is 12.8 Å². The minimum atomic E-state index is 0. The van der Waals surface area contributed by atoms with Crippen LogP contribution in [-0.4, -0.2) is 0 Å². The third kappa shape index (κ3) is 2.45. The van der Waals surface area contributed by atoms with E-state index in [2.05, 4.69) is 19.4 Å². The van der Waals surface area contributed by atoms with E-state index in [1.165, 1.54) is 29.2 Å². The van der Waals surface area contributed by atoms with Crippen LogP contribution in [0.3, 0.4) is 0 Å². The van der Waals surface area contributed by atoms with E-state index in [1.54, 1.807) is 10.6 Å². The standard InChI is InChI=1S/C7H11P2.Li/c1-3-6-7(4-2)9-5-8-6;/h5H,3-4H2,1-2H3;/q-1;+1. The number of rotatable bonds is 2. The zero-order valence-corrected chi connectivity index (χ0v) is 8.67. The van der Waals surface area contributed by atoms with Crippen LogP contribution >= 0.6 is 16.4 Å². The molecule has 0 spiro atoms. The molecule has 50 valence electrons. The molecule has 0 aromatic carbocycles. The van der Waals surface area contributed by atoms with Gasteiger partial charge in [0.2, 0.25) is 0 Å². The Morgan fingerprint density at radius 1 is 1.40 bits per heavy atom. The predicted molar refractivity (Wildman–Crippen MR) is 45.8 cm³/mol. The summed E-state index contributed by atoms with van der Waals surface area (Å²) in [7, 11) is 2.95. The van der Waals surface area contributed by atoms with Crippen LogP contribution in [0, 0.1) is 0 Å². The molecule has 0 nitrogen and oxygen atoms in total. The molecule has 0 radical (unpaired) electrons. The van der Waals surface area contributed by atoms with Crippen LogP contribution in [0.1, 0.15) is 24.4 Å². The second-order valence-electron chi connectivity index (χ2n) is 1.97. The normalized spacial score (nSPS) is 10.6. The van der Waals surface area contributed by atoms with E-state index in [0.29, 0.717) is 0 Å². The molecule has 0 saturated carbocycles. The molecule has 0 N–H and O–H groups in total. The van der Waals surface area contributed by atoms with Crippen molar-refractivity contribution in [1.29, 1.82) is 0 Å². The molecule has 3 heteroatoms. The summed E-state index contributed by atoms with van der Waals surface area (Å²) in [5.74, 6) is 0. The first-order valence-corrected chi connectivity index (χ1v) is 5.26. The summed E-state index contributed by atoms with van der Waals surface area (Å²) in [6.07, 6.45) is 2.49. The molecular weight excluding hydrogens is 153 g/mol. The van der Waals surface area contributed by atoms with Gasteiger partial charge in [-0.15, -0.1) is 10.6 Å². The van der Waals surface area contributed by atoms with Gasteiger partial charge >= 0.3 is 18.9 Å². The minimum absolute atomic E-state index is 0. The zero-order chi connectivity index (χ0) is 6.69. The Kier molecular flexibility index (Phi) is 5.90. The van der Waals surface area contributed by atoms with Gasteiger partial charge in [0.05, 0.1) is 0 Å². The summed E-state index contributed by atoms with van der Waals surface area (Å²) < 4.78 is 0. The molecule has 1 aromatic rings. The van der Waals surface area contributed by atoms with Crippen molar-refractivity contribution < 1.29 is 18.9 Å². The van der Waals surface area contributed by atoms with Crippen molar-refractivity contribution in [2.75, 3.05) is 0 Å². The van der Waals surface area contributed by atoms with Gasteiger partial charge in [0.15, 0.2) is 0 Å². The van der Waals surface area contributed by atoms with Gasteiger partial charge in [0, 0.05) is 0 Å². The molecule has 1 heterocycles. The van der Waals surface area contributed by atoms with E-state index >= 15 is 0 Å². The van der Waals surface area contributed by atoms with Crippen LogP contribution in [0.2, 0.25) is 0 Å². The van der Waals surface area contributed by atoms with Crippen molar-refractivity contribution in [2.24, 2.45) is 0 Å². The average Bonchev–Trinajstić information content (AvgIpc) is 2.33. The zero-order valence-electron chi connectivity index (χ0n) is 6.89. The fourth-order valence-electron chi connectivity index (χ4n) is 0.908. The quantitative estimate of drug-likeness (QED) is 0.564. The molecule has 0 bridgehead atoms. The molecule has 1 rings (SSSR count). The fourth-order valence-corrected chi connectivity index (χ4v) is 3.58. The van der Waals surface area contributed by atoms with Crippen molar-refractivity contribution in [1.82, 2.24) is 0 Å². The van der Waals surface area contributed by atoms with Crippen molar-refractivity contribution in [3.8, 4) is 0 Å². The Morgan fingerprint density at radius 3 is 2.50 bits per heavy atom. The fraction of sp³-hybridized carbons (Fsp3) is 0.571. The second kappa shape index (κ2) is 5.46. The smallest absolute Gasteiger partial charge is 0.311 e. The van der Waals surface area contributed by atoms with Gasteiger partial charge < -0.3 is 16.4 Å². The molecule has 0 aliphatic carbocycles. The van der Waals surface area contributed by atoms with Crippen LogP contribution in [0.15, 0.2) is 5.53 Å². The maximum Gasteiger partial charge on any atom is 1.00 e. The van der Waals surface area contributed by atoms with Gasteiger partial charge in [-0.2, -0.15) is 5.53 Å². The van der Waals surface area contributed by atoms with Crippen LogP contribution in [0.5, 0.6) is 0 Å². The van der Waals surface area contributed by atoms with Gasteiger partial charge in [0.1, 0.15) is 0 Å². The summed E-state index contributed by atoms with van der Waals surface area (Å²) in [5, 5.41) is 3.30. The molecule has 0 atom stereocenters. The Labute approximate surface area is 78.2 Å². The van der Waals surface area contributed by atoms with Gasteiger partial charge in [0.25, 0.3) is 0 Å². The number of aryl methyl sites for hydroxylation is 2. The second-order valence-corrected chi connectivity index (χ2v) is 4.49. The molecule has 0 amide bonds. The van der Waals surface area contributed by atoms with Gasteiger partial charge in [-0.25, -0.2) is 0 Å². The van der Waals surface area contributed by atoms with E-state index in [0.717, 1.165) is 0 Å². The van der Waals surface area contributed by atoms with E-state index in [1.807, 2.05) is 0 Å². The first kappa shape index (κ1) is 10.8. The van der Waals surface area contributed by atoms with E-state index in [9.17, 15) is 0 Å². The predicted octanol–water partition coefficient (Wildman–Crippen LogP) is 0.694. The molecular formula is C7H11LiP2. The average molecular weight is 164 g/mol. The molecule has 0 aliphatic rings. The Bertz CT molecular complexity index is 165. The first-order chi connectivity index (χ1) is 4.38. The Morgan fingerprint density at radius 2 is 2.10 bits per heavy atom. The van der Waals surface area contributed by atoms with Crippen molar-refractivity contribution in [2.45, 2.75) is 26.7 Å². The number of hydrogen-bond acceptors (Lipinski definition) is 0. The first-order valence-electron chi connectivity index (χ1n) is 3.33. The largest absolute Gasteiger partial charge is 1.00 e. The monoisotopic (exact) mass is 164 g/mol. The summed E-state index contributed by atoms with van der Waals surface area (Å²) >= 11 is 0. The summed E-state index contributed by atoms with van der Waals surface area (Å²) in [4.78, 5) is 0. The SMILES string of the molecule is CCc1pc[p-]c1CC.[Li+]. The van der Waals surface area contributed by atoms with E-state index in [4.69, 9.17) is 0 Å². The van der Waals surface area contributed by atoms with E-state index < -0.39 is 0 Å². The van der Waals surface area contributed by atoms with Crippen molar-refractivity contribution in [3.63, 3.8) is 0 Å². The molecule has 0 saturated heterocycles. The van der Waals surface area contributed by atoms with E-state index in [-0.39, 0.29) is 18.9 Å². The van der Waals surface area contributed by atoms with Crippen molar-refractivity contribution >= 4 is 16.4 Å².